The van der Waals surface area contributed by atoms with Gasteiger partial charge in [0, 0.05) is 22.9 Å². The van der Waals surface area contributed by atoms with Crippen molar-refractivity contribution < 1.29 is 26.7 Å². The molecule has 0 saturated carbocycles. The minimum absolute atomic E-state index is 0.271. The van der Waals surface area contributed by atoms with Gasteiger partial charge in [0.2, 0.25) is 0 Å². The van der Waals surface area contributed by atoms with Crippen molar-refractivity contribution in [3.63, 3.8) is 0 Å². The molecule has 0 spiro atoms. The van der Waals surface area contributed by atoms with Gasteiger partial charge in [0.1, 0.15) is 18.1 Å². The molecule has 2 N–H and O–H groups in total. The second-order valence-electron chi connectivity index (χ2n) is 9.70. The van der Waals surface area contributed by atoms with Crippen LogP contribution in [0.4, 0.5) is 24.7 Å². The van der Waals surface area contributed by atoms with Crippen LogP contribution >= 0.6 is 0 Å². The lowest BCUT2D eigenvalue weighted by Gasteiger charge is -2.36. The average molecular weight is 588 g/mol. The Kier molecular flexibility index (Phi) is 10.3. The van der Waals surface area contributed by atoms with Crippen molar-refractivity contribution >= 4 is 33.6 Å². The highest BCUT2D eigenvalue weighted by atomic mass is 32.2. The summed E-state index contributed by atoms with van der Waals surface area (Å²) in [7, 11) is 1.60. The number of nitrogens with zero attached hydrogens (tertiary/aromatic N) is 3. The summed E-state index contributed by atoms with van der Waals surface area (Å²) in [5, 5.41) is 0. The van der Waals surface area contributed by atoms with Crippen molar-refractivity contribution in [2.45, 2.75) is 40.3 Å². The van der Waals surface area contributed by atoms with Crippen LogP contribution in [0.1, 0.15) is 34.1 Å². The zero-order valence-corrected chi connectivity index (χ0v) is 24.7. The molecule has 1 aromatic heterocycles. The summed E-state index contributed by atoms with van der Waals surface area (Å²) in [6, 6.07) is 12.7. The van der Waals surface area contributed by atoms with Crippen LogP contribution in [0.15, 0.2) is 82.9 Å². The van der Waals surface area contributed by atoms with Crippen LogP contribution in [0.25, 0.3) is 22.2 Å². The average Bonchev–Trinajstić information content (AvgIpc) is 2.91. The summed E-state index contributed by atoms with van der Waals surface area (Å²) in [6.45, 7) is 6.76. The molecule has 2 unspecified atom stereocenters. The van der Waals surface area contributed by atoms with Gasteiger partial charge in [0.15, 0.2) is 0 Å². The van der Waals surface area contributed by atoms with E-state index in [1.54, 1.807) is 19.2 Å². The van der Waals surface area contributed by atoms with E-state index in [0.29, 0.717) is 28.2 Å². The zero-order chi connectivity index (χ0) is 30.5. The molecule has 2 atom stereocenters. The minimum Gasteiger partial charge on any atom is -0.773 e. The van der Waals surface area contributed by atoms with Gasteiger partial charge in [-0.1, -0.05) is 48.7 Å². The number of nitrogens with two attached hydrogens (primary N) is 1. The molecular formula is C30H34F3N4O3S-. The van der Waals surface area contributed by atoms with Crippen molar-refractivity contribution in [2.75, 3.05) is 30.5 Å². The molecule has 3 aromatic rings. The predicted molar refractivity (Wildman–Crippen MR) is 158 cm³/mol. The molecule has 4 rings (SSSR count). The largest absolute Gasteiger partial charge is 0.773 e. The minimum atomic E-state index is -4.39. The third kappa shape index (κ3) is 7.95. The van der Waals surface area contributed by atoms with Crippen LogP contribution in [-0.4, -0.2) is 44.8 Å². The number of benzene rings is 2. The van der Waals surface area contributed by atoms with Crippen molar-refractivity contribution in [3.05, 3.63) is 82.9 Å². The van der Waals surface area contributed by atoms with E-state index in [1.165, 1.54) is 11.1 Å². The topological polar surface area (TPSA) is 104 Å². The number of methoxy groups -OCH3 is 1. The monoisotopic (exact) mass is 587 g/mol. The van der Waals surface area contributed by atoms with Gasteiger partial charge in [0.25, 0.3) is 0 Å². The molecule has 0 amide bonds. The SMILES string of the molecule is CCC(C)=C1C(OC)=C(C)C=C(N(CC(F)(F)F)c2ccc(-c3ccc4nc(N)cnc4c3)cc2)C1C.CS(=O)[O-]. The highest BCUT2D eigenvalue weighted by molar-refractivity contribution is 7.78. The number of alkyl halides is 3. The van der Waals surface area contributed by atoms with E-state index in [-0.39, 0.29) is 5.92 Å². The Labute approximate surface area is 240 Å². The molecule has 11 heteroatoms. The smallest absolute Gasteiger partial charge is 0.406 e. The summed E-state index contributed by atoms with van der Waals surface area (Å²) in [5.74, 6) is 0.807. The van der Waals surface area contributed by atoms with E-state index in [9.17, 15) is 13.2 Å². The van der Waals surface area contributed by atoms with Gasteiger partial charge < -0.3 is 19.9 Å². The number of ether oxygens (including phenoxy) is 1. The summed E-state index contributed by atoms with van der Waals surface area (Å²) in [4.78, 5) is 9.95. The van der Waals surface area contributed by atoms with Gasteiger partial charge in [-0.2, -0.15) is 13.2 Å². The van der Waals surface area contributed by atoms with Gasteiger partial charge in [-0.3, -0.25) is 9.19 Å². The first-order valence-corrected chi connectivity index (χ1v) is 14.4. The number of nitrogen functional groups attached to an aromatic ring is 1. The standard InChI is InChI=1S/C29H31F3N4O.CH4O2S/c1-6-17(2)27-19(4)25(13-18(3)28(27)37-5)36(16-29(30,31)32)22-10-7-20(8-11-22)21-9-12-23-24(14-21)34-15-26(33)35-23;1-4(2)3/h7-15,19H,6,16H2,1-5H3,(H2,33,35);1H3,(H,2,3)/p-1. The number of anilines is 2. The number of hydrogen-bond acceptors (Lipinski definition) is 7. The summed E-state index contributed by atoms with van der Waals surface area (Å²) < 4.78 is 65.1. The molecule has 220 valence electrons. The summed E-state index contributed by atoms with van der Waals surface area (Å²) in [5.41, 5.74) is 12.7. The van der Waals surface area contributed by atoms with E-state index >= 15 is 0 Å². The van der Waals surface area contributed by atoms with E-state index in [1.807, 2.05) is 64.1 Å². The molecule has 1 aliphatic carbocycles. The Morgan fingerprint density at radius 3 is 2.32 bits per heavy atom. The molecule has 0 radical (unpaired) electrons. The number of allylic oxidation sites excluding steroid dienone is 5. The number of aromatic nitrogens is 2. The van der Waals surface area contributed by atoms with Crippen molar-refractivity contribution in [1.29, 1.82) is 0 Å². The molecule has 0 fully saturated rings. The number of hydrogen-bond donors (Lipinski definition) is 1. The molecule has 0 bridgehead atoms. The van der Waals surface area contributed by atoms with E-state index in [4.69, 9.17) is 19.2 Å². The summed E-state index contributed by atoms with van der Waals surface area (Å²) in [6.07, 6.45) is 0.783. The van der Waals surface area contributed by atoms with Crippen LogP contribution in [0.5, 0.6) is 0 Å². The normalized spacial score (nSPS) is 17.4. The van der Waals surface area contributed by atoms with Crippen molar-refractivity contribution in [2.24, 2.45) is 5.92 Å². The fourth-order valence-electron chi connectivity index (χ4n) is 4.86. The van der Waals surface area contributed by atoms with Crippen molar-refractivity contribution in [3.8, 4) is 11.1 Å². The highest BCUT2D eigenvalue weighted by Crippen LogP contribution is 2.41. The molecule has 7 nitrogen and oxygen atoms in total. The maximum atomic E-state index is 13.8. The molecular weight excluding hydrogens is 553 g/mol. The molecule has 41 heavy (non-hydrogen) atoms. The fourth-order valence-corrected chi connectivity index (χ4v) is 4.86. The van der Waals surface area contributed by atoms with Crippen LogP contribution in [0, 0.1) is 5.92 Å². The lowest BCUT2D eigenvalue weighted by atomic mass is 9.83. The Bertz CT molecular complexity index is 1510. The van der Waals surface area contributed by atoms with Gasteiger partial charge in [-0.15, -0.1) is 0 Å². The van der Waals surface area contributed by atoms with Crippen molar-refractivity contribution in [1.82, 2.24) is 9.97 Å². The Balaban J connectivity index is 0.00000108. The lowest BCUT2D eigenvalue weighted by molar-refractivity contribution is -0.119. The first kappa shape index (κ1) is 31.8. The van der Waals surface area contributed by atoms with Crippen LogP contribution in [0.3, 0.4) is 0 Å². The number of rotatable bonds is 6. The third-order valence-corrected chi connectivity index (χ3v) is 6.76. The Hall–Kier alpha value is -3.70. The Morgan fingerprint density at radius 1 is 1.15 bits per heavy atom. The number of halogens is 3. The second kappa shape index (κ2) is 13.3. The van der Waals surface area contributed by atoms with Gasteiger partial charge >= 0.3 is 6.18 Å². The number of fused-ring (bicyclic) bond motifs is 1. The zero-order valence-electron chi connectivity index (χ0n) is 23.9. The van der Waals surface area contributed by atoms with E-state index in [2.05, 4.69) is 9.97 Å². The van der Waals surface area contributed by atoms with Crippen LogP contribution in [0.2, 0.25) is 0 Å². The maximum absolute atomic E-state index is 13.8. The summed E-state index contributed by atoms with van der Waals surface area (Å²) >= 11 is -1.86. The quantitative estimate of drug-likeness (QED) is 0.312. The molecule has 0 saturated heterocycles. The fraction of sp³-hybridized carbons (Fsp3) is 0.333. The van der Waals surface area contributed by atoms with E-state index < -0.39 is 23.8 Å². The molecule has 0 aliphatic heterocycles. The van der Waals surface area contributed by atoms with Crippen LogP contribution < -0.4 is 10.6 Å². The molecule has 2 aromatic carbocycles. The highest BCUT2D eigenvalue weighted by Gasteiger charge is 2.36. The van der Waals surface area contributed by atoms with Crippen LogP contribution in [-0.2, 0) is 15.8 Å². The van der Waals surface area contributed by atoms with Gasteiger partial charge in [-0.05, 0) is 73.6 Å². The molecule has 1 aliphatic rings. The first-order valence-electron chi connectivity index (χ1n) is 12.9. The second-order valence-corrected chi connectivity index (χ2v) is 10.5. The predicted octanol–water partition coefficient (Wildman–Crippen LogP) is 6.92. The maximum Gasteiger partial charge on any atom is 0.406 e. The third-order valence-electron chi connectivity index (χ3n) is 6.76. The van der Waals surface area contributed by atoms with E-state index in [0.717, 1.165) is 46.3 Å². The van der Waals surface area contributed by atoms with Gasteiger partial charge in [0.05, 0.1) is 24.3 Å². The first-order chi connectivity index (χ1) is 19.2. The molecule has 1 heterocycles. The van der Waals surface area contributed by atoms with Gasteiger partial charge in [-0.25, -0.2) is 4.98 Å². The lowest BCUT2D eigenvalue weighted by Crippen LogP contribution is -2.37. The Morgan fingerprint density at radius 2 is 1.76 bits per heavy atom.